The fraction of sp³-hybridized carbons (Fsp3) is 0.591. The lowest BCUT2D eigenvalue weighted by Gasteiger charge is -2.38. The zero-order chi connectivity index (χ0) is 26.6. The standard InChI is InChI=1S/C22H27N7O7/c1-20(2,32)12(5-7-23)29-17(31)13-16(27-19(29)25)28(10-26-13)18-15-14(11(9-30)34-18)35-22(36-15,6-8-24)21(3,4)33/h5,10-11,14-15,18,30,32-33H,6,9H2,1-4H3,(H2,25,27)/b12-5-/t11-,14?,15?,18-,22?/m0/s1. The van der Waals surface area contributed by atoms with Crippen molar-refractivity contribution in [1.29, 1.82) is 10.5 Å². The van der Waals surface area contributed by atoms with Gasteiger partial charge < -0.3 is 35.3 Å². The zero-order valence-electron chi connectivity index (χ0n) is 20.1. The van der Waals surface area contributed by atoms with Crippen LogP contribution in [0.1, 0.15) is 40.3 Å². The van der Waals surface area contributed by atoms with Crippen LogP contribution in [0.2, 0.25) is 0 Å². The largest absolute Gasteiger partial charge is 0.394 e. The van der Waals surface area contributed by atoms with Crippen LogP contribution in [0.15, 0.2) is 17.2 Å². The lowest BCUT2D eigenvalue weighted by molar-refractivity contribution is -0.288. The molecule has 2 aromatic heterocycles. The SMILES string of the molecule is CC(C)(O)/C(=C/C#N)n1c(N)nc2c(ncn2[C@H]2O[C@@H](CO)C3OC(CC#N)(C(C)(C)O)OC32)c1=O. The summed E-state index contributed by atoms with van der Waals surface area (Å²) in [5.41, 5.74) is 1.98. The third-order valence-electron chi connectivity index (χ3n) is 6.33. The number of nitriles is 2. The van der Waals surface area contributed by atoms with E-state index in [1.807, 2.05) is 6.07 Å². The lowest BCUT2D eigenvalue weighted by Crippen LogP contribution is -2.52. The predicted octanol–water partition coefficient (Wildman–Crippen LogP) is -0.635. The maximum Gasteiger partial charge on any atom is 0.287 e. The Labute approximate surface area is 205 Å². The van der Waals surface area contributed by atoms with Crippen LogP contribution in [-0.2, 0) is 14.2 Å². The van der Waals surface area contributed by atoms with E-state index in [4.69, 9.17) is 25.2 Å². The van der Waals surface area contributed by atoms with Gasteiger partial charge in [-0.2, -0.15) is 15.5 Å². The van der Waals surface area contributed by atoms with E-state index in [-0.39, 0.29) is 29.2 Å². The molecule has 0 aliphatic carbocycles. The summed E-state index contributed by atoms with van der Waals surface area (Å²) in [6, 6.07) is 3.74. The van der Waals surface area contributed by atoms with Gasteiger partial charge in [0.25, 0.3) is 5.56 Å². The Balaban J connectivity index is 1.83. The fourth-order valence-corrected chi connectivity index (χ4v) is 4.49. The average Bonchev–Trinajstić information content (AvgIpc) is 3.44. The summed E-state index contributed by atoms with van der Waals surface area (Å²) in [5.74, 6) is -2.00. The number of ether oxygens (including phenoxy) is 3. The van der Waals surface area contributed by atoms with Crippen molar-refractivity contribution >= 4 is 22.8 Å². The summed E-state index contributed by atoms with van der Waals surface area (Å²) in [6.07, 6.45) is -1.66. The molecule has 5 atom stereocenters. The molecule has 36 heavy (non-hydrogen) atoms. The van der Waals surface area contributed by atoms with Gasteiger partial charge in [-0.15, -0.1) is 0 Å². The van der Waals surface area contributed by atoms with E-state index in [1.165, 1.54) is 38.6 Å². The minimum atomic E-state index is -1.69. The van der Waals surface area contributed by atoms with Crippen LogP contribution in [0.3, 0.4) is 0 Å². The highest BCUT2D eigenvalue weighted by Crippen LogP contribution is 2.48. The second-order valence-corrected chi connectivity index (χ2v) is 9.71. The Kier molecular flexibility index (Phi) is 6.17. The van der Waals surface area contributed by atoms with Gasteiger partial charge in [0.1, 0.15) is 29.5 Å². The Morgan fingerprint density at radius 2 is 1.94 bits per heavy atom. The lowest BCUT2D eigenvalue weighted by atomic mass is 9.95. The summed E-state index contributed by atoms with van der Waals surface area (Å²) in [7, 11) is 0. The minimum Gasteiger partial charge on any atom is -0.394 e. The van der Waals surface area contributed by atoms with Crippen LogP contribution in [0.25, 0.3) is 16.9 Å². The Bertz CT molecular complexity index is 1350. The van der Waals surface area contributed by atoms with Gasteiger partial charge in [0, 0.05) is 6.08 Å². The molecule has 2 fully saturated rings. The van der Waals surface area contributed by atoms with Gasteiger partial charge in [-0.05, 0) is 27.7 Å². The number of nitrogen functional groups attached to an aromatic ring is 1. The fourth-order valence-electron chi connectivity index (χ4n) is 4.49. The molecule has 0 saturated carbocycles. The highest BCUT2D eigenvalue weighted by Gasteiger charge is 2.63. The molecule has 14 nitrogen and oxygen atoms in total. The molecule has 0 spiro atoms. The van der Waals surface area contributed by atoms with E-state index in [9.17, 15) is 25.4 Å². The van der Waals surface area contributed by atoms with Crippen molar-refractivity contribution < 1.29 is 29.5 Å². The Morgan fingerprint density at radius 3 is 2.50 bits per heavy atom. The van der Waals surface area contributed by atoms with E-state index < -0.39 is 53.7 Å². The Hall–Kier alpha value is -3.37. The number of hydrogen-bond acceptors (Lipinski definition) is 12. The van der Waals surface area contributed by atoms with Gasteiger partial charge in [0.2, 0.25) is 11.7 Å². The highest BCUT2D eigenvalue weighted by molar-refractivity contribution is 5.74. The van der Waals surface area contributed by atoms with Crippen molar-refractivity contribution in [2.45, 2.75) is 75.6 Å². The van der Waals surface area contributed by atoms with Crippen LogP contribution < -0.4 is 11.3 Å². The second kappa shape index (κ2) is 8.63. The van der Waals surface area contributed by atoms with E-state index in [0.29, 0.717) is 0 Å². The molecule has 5 N–H and O–H groups in total. The van der Waals surface area contributed by atoms with Crippen molar-refractivity contribution in [3.05, 3.63) is 22.8 Å². The molecular formula is C22H27N7O7. The molecule has 2 aliphatic rings. The first kappa shape index (κ1) is 25.7. The number of imidazole rings is 1. The Morgan fingerprint density at radius 1 is 1.28 bits per heavy atom. The van der Waals surface area contributed by atoms with Gasteiger partial charge in [0.05, 0.1) is 37.2 Å². The monoisotopic (exact) mass is 501 g/mol. The summed E-state index contributed by atoms with van der Waals surface area (Å²) in [6.45, 7) is 5.22. The third kappa shape index (κ3) is 3.84. The molecule has 2 saturated heterocycles. The van der Waals surface area contributed by atoms with Gasteiger partial charge in [0.15, 0.2) is 17.4 Å². The number of rotatable bonds is 6. The summed E-state index contributed by atoms with van der Waals surface area (Å²) < 4.78 is 20.3. The molecule has 192 valence electrons. The number of fused-ring (bicyclic) bond motifs is 2. The van der Waals surface area contributed by atoms with Crippen LogP contribution in [0.5, 0.6) is 0 Å². The maximum atomic E-state index is 13.3. The third-order valence-corrected chi connectivity index (χ3v) is 6.33. The van der Waals surface area contributed by atoms with Crippen molar-refractivity contribution in [3.63, 3.8) is 0 Å². The van der Waals surface area contributed by atoms with Gasteiger partial charge in [-0.1, -0.05) is 0 Å². The van der Waals surface area contributed by atoms with E-state index >= 15 is 0 Å². The minimum absolute atomic E-state index is 0.0211. The zero-order valence-corrected chi connectivity index (χ0v) is 20.1. The predicted molar refractivity (Wildman–Crippen MR) is 122 cm³/mol. The smallest absolute Gasteiger partial charge is 0.287 e. The van der Waals surface area contributed by atoms with Crippen LogP contribution in [-0.4, -0.2) is 76.3 Å². The highest BCUT2D eigenvalue weighted by atomic mass is 16.8. The van der Waals surface area contributed by atoms with Gasteiger partial charge in [-0.25, -0.2) is 9.55 Å². The molecule has 0 radical (unpaired) electrons. The van der Waals surface area contributed by atoms with Crippen molar-refractivity contribution in [1.82, 2.24) is 19.1 Å². The number of anilines is 1. The van der Waals surface area contributed by atoms with E-state index in [0.717, 1.165) is 10.6 Å². The molecule has 0 aromatic carbocycles. The quantitative estimate of drug-likeness (QED) is 0.364. The number of nitrogens with zero attached hydrogens (tertiary/aromatic N) is 6. The molecular weight excluding hydrogens is 474 g/mol. The first-order chi connectivity index (χ1) is 16.8. The van der Waals surface area contributed by atoms with Gasteiger partial charge in [-0.3, -0.25) is 9.36 Å². The summed E-state index contributed by atoms with van der Waals surface area (Å²) in [5, 5.41) is 49.6. The molecule has 2 aromatic rings. The molecule has 0 bridgehead atoms. The van der Waals surface area contributed by atoms with Crippen molar-refractivity contribution in [2.24, 2.45) is 0 Å². The molecule has 3 unspecified atom stereocenters. The first-order valence-corrected chi connectivity index (χ1v) is 11.1. The molecule has 2 aliphatic heterocycles. The number of aromatic nitrogens is 4. The second-order valence-electron chi connectivity index (χ2n) is 9.71. The molecule has 0 amide bonds. The first-order valence-electron chi connectivity index (χ1n) is 11.1. The summed E-state index contributed by atoms with van der Waals surface area (Å²) in [4.78, 5) is 21.7. The van der Waals surface area contributed by atoms with Crippen LogP contribution in [0.4, 0.5) is 5.95 Å². The van der Waals surface area contributed by atoms with Crippen LogP contribution >= 0.6 is 0 Å². The maximum absolute atomic E-state index is 13.3. The van der Waals surface area contributed by atoms with Crippen LogP contribution in [0, 0.1) is 22.7 Å². The number of aliphatic hydroxyl groups is 3. The number of nitrogens with two attached hydrogens (primary N) is 1. The molecule has 4 heterocycles. The van der Waals surface area contributed by atoms with Gasteiger partial charge >= 0.3 is 0 Å². The normalized spacial score (nSPS) is 28.8. The molecule has 4 rings (SSSR count). The average molecular weight is 502 g/mol. The van der Waals surface area contributed by atoms with Crippen molar-refractivity contribution in [3.8, 4) is 12.1 Å². The topological polar surface area (TPSA) is 215 Å². The number of aliphatic hydroxyl groups excluding tert-OH is 1. The van der Waals surface area contributed by atoms with E-state index in [2.05, 4.69) is 9.97 Å². The van der Waals surface area contributed by atoms with E-state index in [1.54, 1.807) is 6.07 Å². The number of hydrogen-bond donors (Lipinski definition) is 4. The summed E-state index contributed by atoms with van der Waals surface area (Å²) >= 11 is 0. The number of allylic oxidation sites excluding steroid dienone is 1. The van der Waals surface area contributed by atoms with Crippen molar-refractivity contribution in [2.75, 3.05) is 12.3 Å². The molecule has 14 heteroatoms.